The van der Waals surface area contributed by atoms with Gasteiger partial charge in [-0.3, -0.25) is 9.59 Å². The molecule has 0 aromatic carbocycles. The third-order valence-electron chi connectivity index (χ3n) is 1.89. The van der Waals surface area contributed by atoms with Crippen molar-refractivity contribution < 1.29 is 14.4 Å². The van der Waals surface area contributed by atoms with E-state index >= 15 is 0 Å². The molecule has 0 saturated carbocycles. The Morgan fingerprint density at radius 1 is 1.42 bits per heavy atom. The van der Waals surface area contributed by atoms with Gasteiger partial charge in [0, 0.05) is 19.3 Å². The predicted octanol–water partition coefficient (Wildman–Crippen LogP) is -0.576. The summed E-state index contributed by atoms with van der Waals surface area (Å²) in [6, 6.07) is 0. The first-order valence-electron chi connectivity index (χ1n) is 3.69. The molecule has 1 aliphatic heterocycles. The van der Waals surface area contributed by atoms with Crippen LogP contribution in [0.4, 0.5) is 0 Å². The SMILES string of the molecule is [B]N1C(=O)CC(CC=O)CC1=O. The molecule has 62 valence electrons. The Morgan fingerprint density at radius 3 is 2.33 bits per heavy atom. The van der Waals surface area contributed by atoms with Crippen LogP contribution in [0.25, 0.3) is 0 Å². The van der Waals surface area contributed by atoms with Crippen molar-refractivity contribution in [1.29, 1.82) is 0 Å². The highest BCUT2D eigenvalue weighted by atomic mass is 16.2. The molecular weight excluding hydrogens is 157 g/mol. The Labute approximate surface area is 71.3 Å². The Balaban J connectivity index is 2.59. The number of carbonyl (C=O) groups excluding carboxylic acids is 3. The summed E-state index contributed by atoms with van der Waals surface area (Å²) >= 11 is 0. The first-order chi connectivity index (χ1) is 5.65. The third kappa shape index (κ3) is 1.72. The van der Waals surface area contributed by atoms with E-state index < -0.39 is 11.8 Å². The van der Waals surface area contributed by atoms with Crippen molar-refractivity contribution >= 4 is 26.1 Å². The lowest BCUT2D eigenvalue weighted by Gasteiger charge is -2.26. The molecule has 0 atom stereocenters. The van der Waals surface area contributed by atoms with E-state index in [1.165, 1.54) is 0 Å². The fraction of sp³-hybridized carbons (Fsp3) is 0.571. The zero-order valence-electron chi connectivity index (χ0n) is 6.53. The minimum absolute atomic E-state index is 0.151. The van der Waals surface area contributed by atoms with Crippen molar-refractivity contribution in [2.45, 2.75) is 19.3 Å². The van der Waals surface area contributed by atoms with Gasteiger partial charge in [0.25, 0.3) is 0 Å². The summed E-state index contributed by atoms with van der Waals surface area (Å²) in [5, 5.41) is 0. The number of amides is 2. The molecule has 0 N–H and O–H groups in total. The zero-order chi connectivity index (χ0) is 9.14. The van der Waals surface area contributed by atoms with Gasteiger partial charge in [-0.05, 0) is 5.92 Å². The largest absolute Gasteiger partial charge is 0.341 e. The van der Waals surface area contributed by atoms with Crippen molar-refractivity contribution in [3.8, 4) is 0 Å². The van der Waals surface area contributed by atoms with Gasteiger partial charge in [-0.2, -0.15) is 0 Å². The molecule has 0 aromatic heterocycles. The van der Waals surface area contributed by atoms with Crippen LogP contribution in [0.3, 0.4) is 0 Å². The van der Waals surface area contributed by atoms with Crippen LogP contribution in [0, 0.1) is 5.92 Å². The van der Waals surface area contributed by atoms with Gasteiger partial charge >= 0.3 is 0 Å². The summed E-state index contributed by atoms with van der Waals surface area (Å²) < 4.78 is 0. The summed E-state index contributed by atoms with van der Waals surface area (Å²) in [7, 11) is 5.13. The molecule has 12 heavy (non-hydrogen) atoms. The highest BCUT2D eigenvalue weighted by molar-refractivity contribution is 6.25. The molecule has 4 nitrogen and oxygen atoms in total. The van der Waals surface area contributed by atoms with Crippen LogP contribution in [0.1, 0.15) is 19.3 Å². The lowest BCUT2D eigenvalue weighted by molar-refractivity contribution is -0.143. The van der Waals surface area contributed by atoms with Crippen LogP contribution >= 0.6 is 0 Å². The second-order valence-corrected chi connectivity index (χ2v) is 2.83. The summed E-state index contributed by atoms with van der Waals surface area (Å²) in [4.78, 5) is 32.6. The van der Waals surface area contributed by atoms with E-state index in [1.807, 2.05) is 0 Å². The van der Waals surface area contributed by atoms with E-state index in [4.69, 9.17) is 7.98 Å². The highest BCUT2D eigenvalue weighted by Gasteiger charge is 2.28. The van der Waals surface area contributed by atoms with E-state index in [0.29, 0.717) is 4.81 Å². The lowest BCUT2D eigenvalue weighted by atomic mass is 9.91. The summed E-state index contributed by atoms with van der Waals surface area (Å²) in [6.07, 6.45) is 1.37. The van der Waals surface area contributed by atoms with Crippen molar-refractivity contribution in [2.75, 3.05) is 0 Å². The van der Waals surface area contributed by atoms with Gasteiger partial charge in [0.1, 0.15) is 6.29 Å². The fourth-order valence-electron chi connectivity index (χ4n) is 1.20. The molecule has 1 rings (SSSR count). The van der Waals surface area contributed by atoms with Gasteiger partial charge in [0.05, 0.1) is 0 Å². The number of piperidine rings is 1. The molecule has 0 spiro atoms. The highest BCUT2D eigenvalue weighted by Crippen LogP contribution is 2.19. The molecule has 1 fully saturated rings. The van der Waals surface area contributed by atoms with E-state index in [0.717, 1.165) is 6.29 Å². The van der Waals surface area contributed by atoms with Gasteiger partial charge < -0.3 is 9.61 Å². The molecule has 0 aliphatic carbocycles. The van der Waals surface area contributed by atoms with Crippen molar-refractivity contribution in [1.82, 2.24) is 4.81 Å². The van der Waals surface area contributed by atoms with Gasteiger partial charge in [0.15, 0.2) is 0 Å². The van der Waals surface area contributed by atoms with Gasteiger partial charge in [-0.25, -0.2) is 0 Å². The molecule has 0 aromatic rings. The molecule has 2 radical (unpaired) electrons. The van der Waals surface area contributed by atoms with Crippen LogP contribution in [-0.2, 0) is 14.4 Å². The van der Waals surface area contributed by atoms with Gasteiger partial charge in [-0.1, -0.05) is 0 Å². The van der Waals surface area contributed by atoms with Gasteiger partial charge in [-0.15, -0.1) is 0 Å². The molecule has 5 heteroatoms. The number of hydrogen-bond donors (Lipinski definition) is 0. The number of carbonyl (C=O) groups is 3. The molecule has 1 aliphatic rings. The number of nitrogens with zero attached hydrogens (tertiary/aromatic N) is 1. The molecule has 2 amide bonds. The van der Waals surface area contributed by atoms with E-state index in [9.17, 15) is 14.4 Å². The fourth-order valence-corrected chi connectivity index (χ4v) is 1.20. The summed E-state index contributed by atoms with van der Waals surface area (Å²) in [6.45, 7) is 0. The lowest BCUT2D eigenvalue weighted by Crippen LogP contribution is -2.41. The molecule has 1 saturated heterocycles. The average molecular weight is 165 g/mol. The summed E-state index contributed by atoms with van der Waals surface area (Å²) in [5.41, 5.74) is 0. The zero-order valence-corrected chi connectivity index (χ0v) is 6.53. The molecule has 0 bridgehead atoms. The summed E-state index contributed by atoms with van der Waals surface area (Å²) in [5.74, 6) is -0.960. The smallest absolute Gasteiger partial charge is 0.242 e. The first-order valence-corrected chi connectivity index (χ1v) is 3.69. The monoisotopic (exact) mass is 165 g/mol. The normalized spacial score (nSPS) is 19.8. The standard InChI is InChI=1S/C7H8BNO3/c8-9-6(11)3-5(1-2-10)4-7(9)12/h2,5H,1,3-4H2. The van der Waals surface area contributed by atoms with Crippen LogP contribution < -0.4 is 0 Å². The van der Waals surface area contributed by atoms with Crippen LogP contribution in [0.15, 0.2) is 0 Å². The number of rotatable bonds is 2. The number of hydrogen-bond acceptors (Lipinski definition) is 3. The van der Waals surface area contributed by atoms with Crippen LogP contribution in [-0.4, -0.2) is 30.9 Å². The molecule has 0 unspecified atom stereocenters. The maximum atomic E-state index is 11.0. The maximum Gasteiger partial charge on any atom is 0.242 e. The van der Waals surface area contributed by atoms with Crippen molar-refractivity contribution in [3.63, 3.8) is 0 Å². The molecule has 1 heterocycles. The average Bonchev–Trinajstić information content (AvgIpc) is 2.01. The van der Waals surface area contributed by atoms with Crippen LogP contribution in [0.2, 0.25) is 0 Å². The van der Waals surface area contributed by atoms with Crippen molar-refractivity contribution in [2.24, 2.45) is 5.92 Å². The Hall–Kier alpha value is -1.13. The Kier molecular flexibility index (Phi) is 2.63. The topological polar surface area (TPSA) is 54.5 Å². The maximum absolute atomic E-state index is 11.0. The van der Waals surface area contributed by atoms with E-state index in [1.54, 1.807) is 0 Å². The third-order valence-corrected chi connectivity index (χ3v) is 1.89. The van der Waals surface area contributed by atoms with Crippen LogP contribution in [0.5, 0.6) is 0 Å². The predicted molar refractivity (Wildman–Crippen MR) is 41.0 cm³/mol. The Bertz CT molecular complexity index is 211. The van der Waals surface area contributed by atoms with E-state index in [2.05, 4.69) is 0 Å². The van der Waals surface area contributed by atoms with Crippen molar-refractivity contribution in [3.05, 3.63) is 0 Å². The number of aldehydes is 1. The van der Waals surface area contributed by atoms with Gasteiger partial charge in [0.2, 0.25) is 19.8 Å². The minimum Gasteiger partial charge on any atom is -0.341 e. The number of imide groups is 1. The molecular formula is C7H8BNO3. The second-order valence-electron chi connectivity index (χ2n) is 2.83. The quantitative estimate of drug-likeness (QED) is 0.312. The second kappa shape index (κ2) is 3.52. The first kappa shape index (κ1) is 8.97. The van der Waals surface area contributed by atoms with E-state index in [-0.39, 0.29) is 25.2 Å². The minimum atomic E-state index is -0.405. The Morgan fingerprint density at radius 2 is 1.92 bits per heavy atom.